The summed E-state index contributed by atoms with van der Waals surface area (Å²) in [5.41, 5.74) is 4.07. The summed E-state index contributed by atoms with van der Waals surface area (Å²) >= 11 is 0. The number of nitrogens with zero attached hydrogens (tertiary/aromatic N) is 2. The van der Waals surface area contributed by atoms with Gasteiger partial charge in [0, 0.05) is 36.4 Å². The van der Waals surface area contributed by atoms with Gasteiger partial charge < -0.3 is 9.55 Å². The van der Waals surface area contributed by atoms with E-state index in [1.54, 1.807) is 0 Å². The van der Waals surface area contributed by atoms with Gasteiger partial charge in [-0.25, -0.2) is 0 Å². The monoisotopic (exact) mass is 362 g/mol. The SMILES string of the molecule is [B]N1C(=O)CC(C(C)c2ccc(CCOc3cc(C)nc(C)c3)cc2)C1=O. The largest absolute Gasteiger partial charge is 0.493 e. The third kappa shape index (κ3) is 4.38. The molecule has 5 nitrogen and oxygen atoms in total. The summed E-state index contributed by atoms with van der Waals surface area (Å²) in [7, 11) is 5.49. The maximum absolute atomic E-state index is 12.1. The van der Waals surface area contributed by atoms with Crippen molar-refractivity contribution in [3.05, 3.63) is 58.9 Å². The summed E-state index contributed by atoms with van der Waals surface area (Å²) in [6, 6.07) is 12.0. The number of pyridine rings is 1. The number of carbonyl (C=O) groups is 2. The predicted molar refractivity (Wildman–Crippen MR) is 103 cm³/mol. The molecule has 1 aliphatic heterocycles. The Hall–Kier alpha value is -2.63. The normalized spacial score (nSPS) is 18.0. The van der Waals surface area contributed by atoms with E-state index in [0.717, 1.165) is 39.5 Å². The van der Waals surface area contributed by atoms with Crippen molar-refractivity contribution in [3.8, 4) is 5.75 Å². The average Bonchev–Trinajstić information content (AvgIpc) is 2.88. The number of aryl methyl sites for hydroxylation is 2. The molecule has 6 heteroatoms. The Morgan fingerprint density at radius 2 is 1.81 bits per heavy atom. The minimum Gasteiger partial charge on any atom is -0.493 e. The van der Waals surface area contributed by atoms with Crippen LogP contribution in [0.1, 0.15) is 41.8 Å². The van der Waals surface area contributed by atoms with E-state index in [4.69, 9.17) is 12.7 Å². The van der Waals surface area contributed by atoms with Crippen molar-refractivity contribution in [3.63, 3.8) is 0 Å². The molecule has 27 heavy (non-hydrogen) atoms. The molecule has 1 aromatic heterocycles. The van der Waals surface area contributed by atoms with Crippen molar-refractivity contribution in [1.29, 1.82) is 0 Å². The van der Waals surface area contributed by atoms with Crippen LogP contribution < -0.4 is 4.74 Å². The Morgan fingerprint density at radius 1 is 1.19 bits per heavy atom. The number of carbonyl (C=O) groups excluding carboxylic acids is 2. The zero-order valence-corrected chi connectivity index (χ0v) is 15.9. The Bertz CT molecular complexity index is 831. The van der Waals surface area contributed by atoms with Crippen LogP contribution in [0.2, 0.25) is 0 Å². The highest BCUT2D eigenvalue weighted by Gasteiger charge is 2.39. The van der Waals surface area contributed by atoms with Crippen molar-refractivity contribution in [2.24, 2.45) is 5.92 Å². The van der Waals surface area contributed by atoms with Gasteiger partial charge in [0.1, 0.15) is 5.75 Å². The second-order valence-electron chi connectivity index (χ2n) is 7.13. The van der Waals surface area contributed by atoms with Crippen LogP contribution in [0.15, 0.2) is 36.4 Å². The fraction of sp³-hybridized carbons (Fsp3) is 0.381. The maximum atomic E-state index is 12.1. The fourth-order valence-electron chi connectivity index (χ4n) is 3.45. The first kappa shape index (κ1) is 19.1. The highest BCUT2D eigenvalue weighted by Crippen LogP contribution is 2.32. The molecule has 2 amide bonds. The Labute approximate surface area is 161 Å². The number of aromatic nitrogens is 1. The predicted octanol–water partition coefficient (Wildman–Crippen LogP) is 2.88. The summed E-state index contributed by atoms with van der Waals surface area (Å²) in [6.45, 7) is 6.44. The number of rotatable bonds is 6. The van der Waals surface area contributed by atoms with Crippen molar-refractivity contribution < 1.29 is 14.3 Å². The molecule has 2 atom stereocenters. The summed E-state index contributed by atoms with van der Waals surface area (Å²) in [4.78, 5) is 28.8. The van der Waals surface area contributed by atoms with Crippen LogP contribution in [0.5, 0.6) is 5.75 Å². The first-order chi connectivity index (χ1) is 12.8. The van der Waals surface area contributed by atoms with Crippen molar-refractivity contribution in [2.45, 2.75) is 39.5 Å². The number of imide groups is 1. The molecular formula is C21H23BN2O3. The third-order valence-electron chi connectivity index (χ3n) is 5.04. The molecule has 1 saturated heterocycles. The second kappa shape index (κ2) is 7.95. The van der Waals surface area contributed by atoms with Crippen LogP contribution >= 0.6 is 0 Å². The third-order valence-corrected chi connectivity index (χ3v) is 5.04. The number of ether oxygens (including phenoxy) is 1. The number of hydrogen-bond acceptors (Lipinski definition) is 4. The van der Waals surface area contributed by atoms with Crippen LogP contribution in [0.4, 0.5) is 0 Å². The molecule has 1 aromatic carbocycles. The molecular weight excluding hydrogens is 339 g/mol. The van der Waals surface area contributed by atoms with Gasteiger partial charge in [-0.3, -0.25) is 14.6 Å². The van der Waals surface area contributed by atoms with Gasteiger partial charge in [-0.1, -0.05) is 31.2 Å². The van der Waals surface area contributed by atoms with E-state index in [0.29, 0.717) is 6.61 Å². The van der Waals surface area contributed by atoms with E-state index in [9.17, 15) is 9.59 Å². The van der Waals surface area contributed by atoms with Crippen LogP contribution in [0.3, 0.4) is 0 Å². The van der Waals surface area contributed by atoms with Gasteiger partial charge in [-0.2, -0.15) is 0 Å². The number of benzene rings is 1. The van der Waals surface area contributed by atoms with Gasteiger partial charge in [-0.15, -0.1) is 0 Å². The summed E-state index contributed by atoms with van der Waals surface area (Å²) in [5.74, 6) is -0.209. The molecule has 0 aliphatic carbocycles. The van der Waals surface area contributed by atoms with E-state index < -0.39 is 0 Å². The van der Waals surface area contributed by atoms with Crippen LogP contribution in [-0.2, 0) is 16.0 Å². The molecule has 0 N–H and O–H groups in total. The Balaban J connectivity index is 1.57. The van der Waals surface area contributed by atoms with Gasteiger partial charge in [0.05, 0.1) is 12.5 Å². The summed E-state index contributed by atoms with van der Waals surface area (Å²) in [6.07, 6.45) is 0.962. The van der Waals surface area contributed by atoms with Gasteiger partial charge in [-0.05, 0) is 30.9 Å². The first-order valence-corrected chi connectivity index (χ1v) is 9.13. The molecule has 1 aliphatic rings. The topological polar surface area (TPSA) is 59.5 Å². The van der Waals surface area contributed by atoms with Gasteiger partial charge >= 0.3 is 0 Å². The van der Waals surface area contributed by atoms with Crippen LogP contribution in [-0.4, -0.2) is 36.2 Å². The molecule has 2 unspecified atom stereocenters. The van der Waals surface area contributed by atoms with Crippen LogP contribution in [0.25, 0.3) is 0 Å². The molecule has 3 rings (SSSR count). The van der Waals surface area contributed by atoms with E-state index in [1.165, 1.54) is 0 Å². The van der Waals surface area contributed by atoms with Gasteiger partial charge in [0.15, 0.2) is 0 Å². The molecule has 0 bridgehead atoms. The number of hydrogen-bond donors (Lipinski definition) is 0. The lowest BCUT2D eigenvalue weighted by Gasteiger charge is -2.18. The van der Waals surface area contributed by atoms with E-state index in [2.05, 4.69) is 4.98 Å². The highest BCUT2D eigenvalue weighted by atomic mass is 16.5. The Kier molecular flexibility index (Phi) is 5.63. The molecule has 0 spiro atoms. The molecule has 138 valence electrons. The lowest BCUT2D eigenvalue weighted by molar-refractivity contribution is -0.133. The maximum Gasteiger partial charge on any atom is 0.242 e. The minimum atomic E-state index is -0.380. The molecule has 2 heterocycles. The van der Waals surface area contributed by atoms with Gasteiger partial charge in [0.2, 0.25) is 19.8 Å². The summed E-state index contributed by atoms with van der Waals surface area (Å²) < 4.78 is 5.83. The zero-order valence-electron chi connectivity index (χ0n) is 15.9. The van der Waals surface area contributed by atoms with Gasteiger partial charge in [0.25, 0.3) is 0 Å². The quantitative estimate of drug-likeness (QED) is 0.586. The lowest BCUT2D eigenvalue weighted by Crippen LogP contribution is -2.28. The zero-order chi connectivity index (χ0) is 19.6. The molecule has 1 fully saturated rings. The average molecular weight is 362 g/mol. The van der Waals surface area contributed by atoms with Crippen molar-refractivity contribution >= 4 is 19.8 Å². The van der Waals surface area contributed by atoms with E-state index >= 15 is 0 Å². The van der Waals surface area contributed by atoms with E-state index in [1.807, 2.05) is 57.2 Å². The number of amides is 2. The fourth-order valence-corrected chi connectivity index (χ4v) is 3.45. The summed E-state index contributed by atoms with van der Waals surface area (Å²) in [5, 5.41) is 0. The molecule has 2 aromatic rings. The van der Waals surface area contributed by atoms with E-state index in [-0.39, 0.29) is 30.1 Å². The van der Waals surface area contributed by atoms with Crippen LogP contribution in [0, 0.1) is 19.8 Å². The molecule has 2 radical (unpaired) electrons. The second-order valence-corrected chi connectivity index (χ2v) is 7.13. The Morgan fingerprint density at radius 3 is 2.37 bits per heavy atom. The minimum absolute atomic E-state index is 0.0527. The highest BCUT2D eigenvalue weighted by molar-refractivity contribution is 6.27. The first-order valence-electron chi connectivity index (χ1n) is 9.13. The standard InChI is InChI=1S/C21H23BN2O3/c1-13-10-18(11-14(2)23-13)27-9-8-16-4-6-17(7-5-16)15(3)19-12-20(25)24(22)21(19)26/h4-7,10-11,15,19H,8-9,12H2,1-3H3. The molecule has 0 saturated carbocycles. The van der Waals surface area contributed by atoms with Crippen molar-refractivity contribution in [1.82, 2.24) is 9.79 Å². The van der Waals surface area contributed by atoms with Crippen molar-refractivity contribution in [2.75, 3.05) is 6.61 Å². The lowest BCUT2D eigenvalue weighted by atomic mass is 9.86. The smallest absolute Gasteiger partial charge is 0.242 e.